The lowest BCUT2D eigenvalue weighted by Gasteiger charge is -2.58. The summed E-state index contributed by atoms with van der Waals surface area (Å²) in [7, 11) is 0. The van der Waals surface area contributed by atoms with Crippen LogP contribution < -0.4 is 0 Å². The Morgan fingerprint density at radius 1 is 1.10 bits per heavy atom. The number of ketones is 1. The Morgan fingerprint density at radius 3 is 2.80 bits per heavy atom. The Kier molecular flexibility index (Phi) is 2.87. The molecular weight excluding hydrogens is 248 g/mol. The SMILES string of the molecule is C[C@@]12CCO[C@H]1[C@@H]1CC[C@H]3CC(=O)CC[C@]3(C)[C@H]1CC2. The second kappa shape index (κ2) is 4.32. The lowest BCUT2D eigenvalue weighted by Crippen LogP contribution is -2.54. The van der Waals surface area contributed by atoms with Crippen LogP contribution in [0.3, 0.4) is 0 Å². The Hall–Kier alpha value is -0.370. The third-order valence-electron chi connectivity index (χ3n) is 7.63. The van der Waals surface area contributed by atoms with Gasteiger partial charge in [0.05, 0.1) is 6.10 Å². The first-order valence-corrected chi connectivity index (χ1v) is 8.66. The maximum Gasteiger partial charge on any atom is 0.133 e. The zero-order valence-corrected chi connectivity index (χ0v) is 13.0. The smallest absolute Gasteiger partial charge is 0.133 e. The molecule has 0 amide bonds. The van der Waals surface area contributed by atoms with E-state index >= 15 is 0 Å². The molecule has 0 spiro atoms. The Labute approximate surface area is 122 Å². The van der Waals surface area contributed by atoms with Crippen LogP contribution >= 0.6 is 0 Å². The van der Waals surface area contributed by atoms with Gasteiger partial charge in [-0.05, 0) is 67.1 Å². The molecule has 0 aromatic rings. The van der Waals surface area contributed by atoms with Crippen molar-refractivity contribution in [1.82, 2.24) is 0 Å². The van der Waals surface area contributed by atoms with E-state index in [0.717, 1.165) is 37.7 Å². The summed E-state index contributed by atoms with van der Waals surface area (Å²) in [5, 5.41) is 0. The fourth-order valence-corrected chi connectivity index (χ4v) is 6.29. The summed E-state index contributed by atoms with van der Waals surface area (Å²) in [6.07, 6.45) is 9.90. The van der Waals surface area contributed by atoms with E-state index in [4.69, 9.17) is 4.74 Å². The molecule has 3 aliphatic carbocycles. The number of Topliss-reactive ketones (excluding diaryl/α,β-unsaturated/α-hetero) is 1. The fraction of sp³-hybridized carbons (Fsp3) is 0.944. The minimum Gasteiger partial charge on any atom is -0.377 e. The predicted octanol–water partition coefficient (Wildman–Crippen LogP) is 3.98. The van der Waals surface area contributed by atoms with Gasteiger partial charge in [0.25, 0.3) is 0 Å². The average Bonchev–Trinajstić information content (AvgIpc) is 2.81. The van der Waals surface area contributed by atoms with Crippen molar-refractivity contribution in [2.24, 2.45) is 28.6 Å². The number of rotatable bonds is 0. The zero-order valence-electron chi connectivity index (χ0n) is 13.0. The van der Waals surface area contributed by atoms with E-state index in [0.29, 0.717) is 28.6 Å². The third-order valence-corrected chi connectivity index (χ3v) is 7.63. The Morgan fingerprint density at radius 2 is 1.95 bits per heavy atom. The minimum absolute atomic E-state index is 0.421. The molecule has 0 aromatic heterocycles. The van der Waals surface area contributed by atoms with Gasteiger partial charge in [-0.3, -0.25) is 4.79 Å². The topological polar surface area (TPSA) is 26.3 Å². The molecule has 0 bridgehead atoms. The molecular formula is C18H28O2. The lowest BCUT2D eigenvalue weighted by atomic mass is 9.47. The highest BCUT2D eigenvalue weighted by Gasteiger charge is 2.58. The maximum absolute atomic E-state index is 11.8. The number of carbonyl (C=O) groups excluding carboxylic acids is 1. The van der Waals surface area contributed by atoms with E-state index in [-0.39, 0.29) is 0 Å². The predicted molar refractivity (Wildman–Crippen MR) is 78.4 cm³/mol. The van der Waals surface area contributed by atoms with Crippen molar-refractivity contribution in [3.8, 4) is 0 Å². The van der Waals surface area contributed by atoms with Gasteiger partial charge in [0.2, 0.25) is 0 Å². The van der Waals surface area contributed by atoms with Crippen LogP contribution in [0, 0.1) is 28.6 Å². The van der Waals surface area contributed by atoms with Crippen LogP contribution in [0.25, 0.3) is 0 Å². The van der Waals surface area contributed by atoms with Crippen LogP contribution in [0.5, 0.6) is 0 Å². The van der Waals surface area contributed by atoms with Crippen molar-refractivity contribution in [3.05, 3.63) is 0 Å². The highest BCUT2D eigenvalue weighted by Crippen LogP contribution is 2.62. The van der Waals surface area contributed by atoms with E-state index in [1.807, 2.05) is 0 Å². The molecule has 20 heavy (non-hydrogen) atoms. The Balaban J connectivity index is 1.64. The van der Waals surface area contributed by atoms with Crippen molar-refractivity contribution >= 4 is 5.78 Å². The quantitative estimate of drug-likeness (QED) is 0.669. The van der Waals surface area contributed by atoms with Gasteiger partial charge in [0.1, 0.15) is 5.78 Å². The van der Waals surface area contributed by atoms with Gasteiger partial charge in [0, 0.05) is 19.4 Å². The number of fused-ring (bicyclic) bond motifs is 5. The van der Waals surface area contributed by atoms with Crippen molar-refractivity contribution < 1.29 is 9.53 Å². The Bertz CT molecular complexity index is 431. The molecule has 3 saturated carbocycles. The van der Waals surface area contributed by atoms with Crippen molar-refractivity contribution in [2.75, 3.05) is 6.61 Å². The second-order valence-corrected chi connectivity index (χ2v) is 8.53. The summed E-state index contributed by atoms with van der Waals surface area (Å²) in [5.41, 5.74) is 0.874. The van der Waals surface area contributed by atoms with Gasteiger partial charge < -0.3 is 4.74 Å². The summed E-state index contributed by atoms with van der Waals surface area (Å²) < 4.78 is 6.21. The molecule has 1 saturated heterocycles. The van der Waals surface area contributed by atoms with Crippen molar-refractivity contribution in [3.63, 3.8) is 0 Å². The molecule has 0 N–H and O–H groups in total. The van der Waals surface area contributed by atoms with Crippen LogP contribution in [0.1, 0.15) is 65.2 Å². The lowest BCUT2D eigenvalue weighted by molar-refractivity contribution is -0.147. The molecule has 0 aromatic carbocycles. The number of hydrogen-bond acceptors (Lipinski definition) is 2. The monoisotopic (exact) mass is 276 g/mol. The normalized spacial score (nSPS) is 55.0. The summed E-state index contributed by atoms with van der Waals surface area (Å²) in [5.74, 6) is 2.76. The summed E-state index contributed by atoms with van der Waals surface area (Å²) in [6, 6.07) is 0. The van der Waals surface area contributed by atoms with E-state index < -0.39 is 0 Å². The second-order valence-electron chi connectivity index (χ2n) is 8.53. The van der Waals surface area contributed by atoms with Gasteiger partial charge >= 0.3 is 0 Å². The van der Waals surface area contributed by atoms with E-state index in [1.54, 1.807) is 0 Å². The average molecular weight is 276 g/mol. The van der Waals surface area contributed by atoms with Gasteiger partial charge in [-0.25, -0.2) is 0 Å². The zero-order chi connectivity index (χ0) is 14.0. The summed E-state index contributed by atoms with van der Waals surface area (Å²) >= 11 is 0. The largest absolute Gasteiger partial charge is 0.377 e. The molecule has 4 rings (SSSR count). The van der Waals surface area contributed by atoms with Gasteiger partial charge in [0.15, 0.2) is 0 Å². The minimum atomic E-state index is 0.421. The number of carbonyl (C=O) groups is 1. The van der Waals surface area contributed by atoms with Gasteiger partial charge in [-0.15, -0.1) is 0 Å². The first-order chi connectivity index (χ1) is 9.53. The molecule has 112 valence electrons. The fourth-order valence-electron chi connectivity index (χ4n) is 6.29. The first-order valence-electron chi connectivity index (χ1n) is 8.66. The molecule has 1 aliphatic heterocycles. The summed E-state index contributed by atoms with van der Waals surface area (Å²) in [6.45, 7) is 5.93. The third kappa shape index (κ3) is 1.70. The van der Waals surface area contributed by atoms with Gasteiger partial charge in [-0.1, -0.05) is 13.8 Å². The van der Waals surface area contributed by atoms with Crippen LogP contribution in [-0.4, -0.2) is 18.5 Å². The standard InChI is InChI=1S/C18H28O2/c1-17-7-6-15-14(16(17)20-10-9-17)4-3-12-11-13(19)5-8-18(12,15)2/h12,14-16H,3-11H2,1-2H3/t12-,14+,15-,16-,17+,18-/m0/s1. The molecule has 2 nitrogen and oxygen atoms in total. The highest BCUT2D eigenvalue weighted by molar-refractivity contribution is 5.79. The summed E-state index contributed by atoms with van der Waals surface area (Å²) in [4.78, 5) is 11.8. The number of ether oxygens (including phenoxy) is 1. The molecule has 4 fully saturated rings. The van der Waals surface area contributed by atoms with Crippen molar-refractivity contribution in [2.45, 2.75) is 71.3 Å². The number of hydrogen-bond donors (Lipinski definition) is 0. The van der Waals surface area contributed by atoms with Crippen LogP contribution in [0.2, 0.25) is 0 Å². The van der Waals surface area contributed by atoms with Crippen LogP contribution in [0.4, 0.5) is 0 Å². The molecule has 6 atom stereocenters. The molecule has 1 heterocycles. The van der Waals surface area contributed by atoms with E-state index in [1.165, 1.54) is 32.1 Å². The van der Waals surface area contributed by atoms with Crippen LogP contribution in [0.15, 0.2) is 0 Å². The maximum atomic E-state index is 11.8. The molecule has 4 aliphatic rings. The molecule has 0 unspecified atom stereocenters. The van der Waals surface area contributed by atoms with E-state index in [2.05, 4.69) is 13.8 Å². The van der Waals surface area contributed by atoms with Crippen LogP contribution in [-0.2, 0) is 9.53 Å². The molecule has 0 radical (unpaired) electrons. The van der Waals surface area contributed by atoms with Crippen molar-refractivity contribution in [1.29, 1.82) is 0 Å². The first kappa shape index (κ1) is 13.3. The van der Waals surface area contributed by atoms with E-state index in [9.17, 15) is 4.79 Å². The van der Waals surface area contributed by atoms with Gasteiger partial charge in [-0.2, -0.15) is 0 Å². The molecule has 2 heteroatoms. The highest BCUT2D eigenvalue weighted by atomic mass is 16.5.